The highest BCUT2D eigenvalue weighted by Gasteiger charge is 2.37. The Morgan fingerprint density at radius 2 is 2.00 bits per heavy atom. The first-order valence-electron chi connectivity index (χ1n) is 12.3. The highest BCUT2D eigenvalue weighted by atomic mass is 31.1. The van der Waals surface area contributed by atoms with Gasteiger partial charge in [0.25, 0.3) is 6.35 Å². The number of nitrogens with two attached hydrogens (primary N) is 1. The first kappa shape index (κ1) is 30.5. The number of nitrogens with one attached hydrogen (secondary N) is 1. The Hall–Kier alpha value is -2.73. The fourth-order valence-corrected chi connectivity index (χ4v) is 4.72. The van der Waals surface area contributed by atoms with Crippen molar-refractivity contribution in [3.63, 3.8) is 0 Å². The number of hydrogen-bond donors (Lipinski definition) is 3. The van der Waals surface area contributed by atoms with Crippen LogP contribution in [0.25, 0.3) is 11.2 Å². The van der Waals surface area contributed by atoms with Crippen LogP contribution in [0, 0.1) is 0 Å². The van der Waals surface area contributed by atoms with Crippen molar-refractivity contribution in [2.45, 2.75) is 84.1 Å². The zero-order chi connectivity index (χ0) is 27.4. The van der Waals surface area contributed by atoms with Gasteiger partial charge in [-0.05, 0) is 57.4 Å². The van der Waals surface area contributed by atoms with E-state index < -0.39 is 32.0 Å². The van der Waals surface area contributed by atoms with Crippen molar-refractivity contribution in [2.24, 2.45) is 0 Å². The van der Waals surface area contributed by atoms with E-state index in [1.807, 2.05) is 13.8 Å². The molecule has 1 saturated carbocycles. The summed E-state index contributed by atoms with van der Waals surface area (Å²) in [5.74, 6) is -0.619. The number of nitrogen functional groups attached to an aromatic ring is 1. The van der Waals surface area contributed by atoms with Gasteiger partial charge in [0.15, 0.2) is 17.0 Å². The number of ether oxygens (including phenoxy) is 3. The largest absolute Gasteiger partial charge is 0.464 e. The lowest BCUT2D eigenvalue weighted by Gasteiger charge is -2.18. The molecule has 14 heteroatoms. The second-order valence-electron chi connectivity index (χ2n) is 9.24. The summed E-state index contributed by atoms with van der Waals surface area (Å²) in [4.78, 5) is 34.7. The molecule has 3 rings (SSSR count). The van der Waals surface area contributed by atoms with Crippen LogP contribution in [0.4, 0.5) is 5.82 Å². The van der Waals surface area contributed by atoms with Crippen molar-refractivity contribution in [1.29, 1.82) is 0 Å². The van der Waals surface area contributed by atoms with Gasteiger partial charge in [0.1, 0.15) is 24.6 Å². The van der Waals surface area contributed by atoms with Gasteiger partial charge >= 0.3 is 19.9 Å². The predicted molar refractivity (Wildman–Crippen MR) is 137 cm³/mol. The lowest BCUT2D eigenvalue weighted by atomic mass is 10.1. The summed E-state index contributed by atoms with van der Waals surface area (Å²) in [5.41, 5.74) is 5.86. The number of esters is 2. The first-order valence-corrected chi connectivity index (χ1v) is 13.7. The maximum absolute atomic E-state index is 12.2. The molecular weight excluding hydrogens is 503 g/mol. The average Bonchev–Trinajstić information content (AvgIpc) is 3.52. The molecule has 0 radical (unpaired) electrons. The second kappa shape index (κ2) is 14.9. The topological polar surface area (TPSA) is 181 Å². The molecule has 1 aliphatic rings. The summed E-state index contributed by atoms with van der Waals surface area (Å²) in [6.45, 7) is 7.32. The van der Waals surface area contributed by atoms with Crippen LogP contribution in [-0.2, 0) is 34.9 Å². The molecular formula is C23H38N6O7P+. The van der Waals surface area contributed by atoms with Gasteiger partial charge < -0.3 is 29.6 Å². The molecule has 0 bridgehead atoms. The number of anilines is 1. The van der Waals surface area contributed by atoms with E-state index in [2.05, 4.69) is 20.0 Å². The van der Waals surface area contributed by atoms with Crippen LogP contribution in [-0.4, -0.2) is 73.9 Å². The van der Waals surface area contributed by atoms with Gasteiger partial charge in [0.2, 0.25) is 0 Å². The fourth-order valence-electron chi connectivity index (χ4n) is 3.55. The molecule has 2 atom stereocenters. The van der Waals surface area contributed by atoms with Gasteiger partial charge in [-0.1, -0.05) is 12.0 Å². The van der Waals surface area contributed by atoms with Crippen LogP contribution < -0.4 is 10.8 Å². The Morgan fingerprint density at radius 1 is 1.30 bits per heavy atom. The number of rotatable bonds is 12. The molecule has 2 unspecified atom stereocenters. The third-order valence-electron chi connectivity index (χ3n) is 5.44. The molecule has 1 aliphatic carbocycles. The molecule has 37 heavy (non-hydrogen) atoms. The van der Waals surface area contributed by atoms with Gasteiger partial charge in [-0.3, -0.25) is 0 Å². The lowest BCUT2D eigenvalue weighted by Crippen LogP contribution is -2.44. The van der Waals surface area contributed by atoms with Crippen LogP contribution in [0.2, 0.25) is 0 Å². The molecule has 0 amide bonds. The Bertz CT molecular complexity index is 1040. The van der Waals surface area contributed by atoms with E-state index in [1.54, 1.807) is 24.7 Å². The van der Waals surface area contributed by atoms with E-state index in [0.29, 0.717) is 30.1 Å². The van der Waals surface area contributed by atoms with Crippen LogP contribution in [0.3, 0.4) is 0 Å². The third kappa shape index (κ3) is 9.92. The van der Waals surface area contributed by atoms with Crippen molar-refractivity contribution in [2.75, 3.05) is 25.3 Å². The summed E-state index contributed by atoms with van der Waals surface area (Å²) in [7, 11) is -1.95. The summed E-state index contributed by atoms with van der Waals surface area (Å²) in [6.07, 6.45) is 7.72. The molecule has 1 fully saturated rings. The number of aliphatic hydroxyl groups excluding tert-OH is 1. The van der Waals surface area contributed by atoms with E-state index in [9.17, 15) is 14.2 Å². The van der Waals surface area contributed by atoms with Gasteiger partial charge in [-0.2, -0.15) is 0 Å². The van der Waals surface area contributed by atoms with E-state index in [1.165, 1.54) is 6.33 Å². The van der Waals surface area contributed by atoms with Crippen molar-refractivity contribution >= 4 is 36.9 Å². The molecule has 0 spiro atoms. The Balaban J connectivity index is 0.000000402. The Kier molecular flexibility index (Phi) is 12.3. The summed E-state index contributed by atoms with van der Waals surface area (Å²) >= 11 is 0. The summed E-state index contributed by atoms with van der Waals surface area (Å²) in [6, 6.07) is 0. The zero-order valence-corrected chi connectivity index (χ0v) is 22.8. The minimum Gasteiger partial charge on any atom is -0.464 e. The van der Waals surface area contributed by atoms with Crippen molar-refractivity contribution in [1.82, 2.24) is 24.6 Å². The van der Waals surface area contributed by atoms with E-state index in [-0.39, 0.29) is 18.6 Å². The zero-order valence-electron chi connectivity index (χ0n) is 21.9. The molecule has 2 aromatic heterocycles. The lowest BCUT2D eigenvalue weighted by molar-refractivity contribution is -0.152. The minimum absolute atomic E-state index is 0.0370. The number of imidazole rings is 1. The molecule has 4 N–H and O–H groups in total. The molecule has 0 aliphatic heterocycles. The number of hydrogen-bond acceptors (Lipinski definition) is 11. The molecule has 0 aromatic carbocycles. The molecule has 2 aromatic rings. The standard InChI is InChI=1S/C16H26N6O4P.C7H12O3/c1-5-6-25-15(23)16(3,4)21-27(24)10-26-11(2)7-22-9-20-12-13(17)18-8-19-14(12)22;8-5-7(9)10-6-3-1-2-4-6/h8-9,11H,5-7,10H2,1-4H3,(H,21,24)(H2,17,18,19);6,8H,1-5H2/q+1;. The smallest absolute Gasteiger partial charge is 0.461 e. The number of fused-ring (bicyclic) bond motifs is 1. The first-order chi connectivity index (χ1) is 17.6. The van der Waals surface area contributed by atoms with Crippen LogP contribution in [0.15, 0.2) is 12.7 Å². The molecule has 13 nitrogen and oxygen atoms in total. The maximum Gasteiger partial charge on any atom is 0.461 e. The van der Waals surface area contributed by atoms with Crippen LogP contribution >= 0.6 is 7.95 Å². The Morgan fingerprint density at radius 3 is 2.65 bits per heavy atom. The third-order valence-corrected chi connectivity index (χ3v) is 6.63. The van der Waals surface area contributed by atoms with Crippen molar-refractivity contribution < 1.29 is 33.5 Å². The van der Waals surface area contributed by atoms with Gasteiger partial charge in [-0.15, -0.1) is 0 Å². The average molecular weight is 542 g/mol. The number of aliphatic hydroxyl groups is 1. The van der Waals surface area contributed by atoms with Crippen LogP contribution in [0.1, 0.15) is 59.8 Å². The van der Waals surface area contributed by atoms with Gasteiger partial charge in [-0.25, -0.2) is 24.5 Å². The predicted octanol–water partition coefficient (Wildman–Crippen LogP) is 2.30. The molecule has 0 saturated heterocycles. The number of nitrogens with zero attached hydrogens (tertiary/aromatic N) is 4. The maximum atomic E-state index is 12.2. The highest BCUT2D eigenvalue weighted by molar-refractivity contribution is 7.42. The monoisotopic (exact) mass is 541 g/mol. The highest BCUT2D eigenvalue weighted by Crippen LogP contribution is 2.23. The van der Waals surface area contributed by atoms with Gasteiger partial charge in [0, 0.05) is 0 Å². The van der Waals surface area contributed by atoms with E-state index in [4.69, 9.17) is 25.1 Å². The number of aromatic nitrogens is 4. The SMILES string of the molecule is CCCOC(=O)C(C)(C)N[P+](=O)COC(C)Cn1cnc2c(N)ncnc21.O=C(CO)OC1CCCC1. The number of carbonyl (C=O) groups is 2. The quantitative estimate of drug-likeness (QED) is 0.264. The minimum atomic E-state index is -1.95. The Labute approximate surface area is 217 Å². The molecule has 206 valence electrons. The van der Waals surface area contributed by atoms with Gasteiger partial charge in [0.05, 0.1) is 25.6 Å². The normalized spacial score (nSPS) is 15.1. The molecule has 2 heterocycles. The second-order valence-corrected chi connectivity index (χ2v) is 10.5. The van der Waals surface area contributed by atoms with Crippen LogP contribution in [0.5, 0.6) is 0 Å². The summed E-state index contributed by atoms with van der Waals surface area (Å²) in [5, 5.41) is 11.1. The summed E-state index contributed by atoms with van der Waals surface area (Å²) < 4.78 is 29.7. The van der Waals surface area contributed by atoms with Crippen molar-refractivity contribution in [3.05, 3.63) is 12.7 Å². The van der Waals surface area contributed by atoms with Crippen molar-refractivity contribution in [3.8, 4) is 0 Å². The fraction of sp³-hybridized carbons (Fsp3) is 0.696. The number of carbonyl (C=O) groups excluding carboxylic acids is 2. The van der Waals surface area contributed by atoms with E-state index in [0.717, 1.165) is 32.1 Å². The van der Waals surface area contributed by atoms with E-state index >= 15 is 0 Å².